The molecule has 0 aromatic rings. The lowest BCUT2D eigenvalue weighted by Crippen LogP contribution is -2.39. The van der Waals surface area contributed by atoms with Crippen molar-refractivity contribution in [2.45, 2.75) is 58.6 Å². The highest BCUT2D eigenvalue weighted by Gasteiger charge is 2.17. The molecule has 0 aliphatic carbocycles. The van der Waals surface area contributed by atoms with E-state index >= 15 is 0 Å². The van der Waals surface area contributed by atoms with Crippen molar-refractivity contribution < 1.29 is 9.53 Å². The van der Waals surface area contributed by atoms with Gasteiger partial charge in [0.2, 0.25) is 0 Å². The molecule has 4 nitrogen and oxygen atoms in total. The van der Waals surface area contributed by atoms with E-state index in [1.807, 2.05) is 13.8 Å². The summed E-state index contributed by atoms with van der Waals surface area (Å²) in [6, 6.07) is 0.700. The monoisotopic (exact) mass is 242 g/mol. The number of alkyl carbamates (subject to hydrolysis) is 1. The van der Waals surface area contributed by atoms with Gasteiger partial charge in [-0.3, -0.25) is 0 Å². The minimum atomic E-state index is -0.299. The van der Waals surface area contributed by atoms with Crippen molar-refractivity contribution in [3.05, 3.63) is 0 Å². The molecular formula is C13H26N2O2. The van der Waals surface area contributed by atoms with Gasteiger partial charge in [-0.2, -0.15) is 0 Å². The quantitative estimate of drug-likeness (QED) is 0.753. The van der Waals surface area contributed by atoms with Crippen molar-refractivity contribution in [3.8, 4) is 0 Å². The summed E-state index contributed by atoms with van der Waals surface area (Å²) in [5.74, 6) is 0. The maximum absolute atomic E-state index is 11.2. The van der Waals surface area contributed by atoms with E-state index in [4.69, 9.17) is 4.74 Å². The standard InChI is InChI=1S/C13H26N2O2/c1-11(2)17-13(16)14-8-6-10-15-9-5-4-7-12(15)3/h11-12H,4-10H2,1-3H3,(H,14,16). The highest BCUT2D eigenvalue weighted by atomic mass is 16.6. The first-order chi connectivity index (χ1) is 8.09. The number of rotatable bonds is 5. The van der Waals surface area contributed by atoms with Crippen molar-refractivity contribution in [2.24, 2.45) is 0 Å². The molecule has 1 N–H and O–H groups in total. The number of ether oxygens (including phenoxy) is 1. The average molecular weight is 242 g/mol. The summed E-state index contributed by atoms with van der Waals surface area (Å²) in [6.45, 7) is 8.99. The second-order valence-corrected chi connectivity index (χ2v) is 5.12. The van der Waals surface area contributed by atoms with Crippen LogP contribution in [0.1, 0.15) is 46.5 Å². The number of likely N-dealkylation sites (tertiary alicyclic amines) is 1. The van der Waals surface area contributed by atoms with Gasteiger partial charge in [0.05, 0.1) is 6.10 Å². The molecule has 0 radical (unpaired) electrons. The molecule has 1 aliphatic heterocycles. The van der Waals surface area contributed by atoms with Gasteiger partial charge in [0, 0.05) is 19.1 Å². The molecule has 1 unspecified atom stereocenters. The van der Waals surface area contributed by atoms with Crippen LogP contribution in [-0.2, 0) is 4.74 Å². The third-order valence-electron chi connectivity index (χ3n) is 3.17. The predicted octanol–water partition coefficient (Wildman–Crippen LogP) is 2.39. The molecule has 1 amide bonds. The fourth-order valence-electron chi connectivity index (χ4n) is 2.22. The Morgan fingerprint density at radius 3 is 2.88 bits per heavy atom. The molecule has 1 aliphatic rings. The predicted molar refractivity (Wildman–Crippen MR) is 69.1 cm³/mol. The van der Waals surface area contributed by atoms with E-state index in [0.29, 0.717) is 12.6 Å². The van der Waals surface area contributed by atoms with E-state index in [2.05, 4.69) is 17.1 Å². The fourth-order valence-corrected chi connectivity index (χ4v) is 2.22. The molecule has 100 valence electrons. The van der Waals surface area contributed by atoms with E-state index in [9.17, 15) is 4.79 Å². The minimum absolute atomic E-state index is 0.0443. The summed E-state index contributed by atoms with van der Waals surface area (Å²) in [5.41, 5.74) is 0. The van der Waals surface area contributed by atoms with Crippen molar-refractivity contribution in [2.75, 3.05) is 19.6 Å². The molecule has 0 spiro atoms. The first kappa shape index (κ1) is 14.3. The second-order valence-electron chi connectivity index (χ2n) is 5.12. The average Bonchev–Trinajstić information content (AvgIpc) is 2.25. The summed E-state index contributed by atoms with van der Waals surface area (Å²) >= 11 is 0. The van der Waals surface area contributed by atoms with Crippen LogP contribution in [0.2, 0.25) is 0 Å². The molecule has 1 atom stereocenters. The second kappa shape index (κ2) is 7.54. The SMILES string of the molecule is CC(C)OC(=O)NCCCN1CCCCC1C. The van der Waals surface area contributed by atoms with Crippen LogP contribution in [0.25, 0.3) is 0 Å². The van der Waals surface area contributed by atoms with Crippen LogP contribution >= 0.6 is 0 Å². The lowest BCUT2D eigenvalue weighted by Gasteiger charge is -2.33. The maximum atomic E-state index is 11.2. The van der Waals surface area contributed by atoms with Crippen LogP contribution in [0.3, 0.4) is 0 Å². The third-order valence-corrected chi connectivity index (χ3v) is 3.17. The van der Waals surface area contributed by atoms with Crippen molar-refractivity contribution in [1.29, 1.82) is 0 Å². The number of piperidine rings is 1. The first-order valence-electron chi connectivity index (χ1n) is 6.78. The molecule has 17 heavy (non-hydrogen) atoms. The lowest BCUT2D eigenvalue weighted by molar-refractivity contribution is 0.114. The minimum Gasteiger partial charge on any atom is -0.447 e. The molecule has 0 aromatic heterocycles. The summed E-state index contributed by atoms with van der Waals surface area (Å²) in [7, 11) is 0. The molecular weight excluding hydrogens is 216 g/mol. The van der Waals surface area contributed by atoms with Crippen LogP contribution in [0.15, 0.2) is 0 Å². The van der Waals surface area contributed by atoms with Gasteiger partial charge < -0.3 is 15.0 Å². The zero-order valence-corrected chi connectivity index (χ0v) is 11.4. The van der Waals surface area contributed by atoms with Crippen molar-refractivity contribution >= 4 is 6.09 Å². The maximum Gasteiger partial charge on any atom is 0.407 e. The molecule has 0 bridgehead atoms. The van der Waals surface area contributed by atoms with Crippen LogP contribution in [-0.4, -0.2) is 42.8 Å². The Morgan fingerprint density at radius 2 is 2.24 bits per heavy atom. The number of nitrogens with zero attached hydrogens (tertiary/aromatic N) is 1. The normalized spacial score (nSPS) is 21.5. The smallest absolute Gasteiger partial charge is 0.407 e. The Kier molecular flexibility index (Phi) is 6.34. The van der Waals surface area contributed by atoms with Gasteiger partial charge in [-0.1, -0.05) is 6.42 Å². The summed E-state index contributed by atoms with van der Waals surface area (Å²) in [6.07, 6.45) is 4.63. The molecule has 0 aromatic carbocycles. The van der Waals surface area contributed by atoms with Crippen molar-refractivity contribution in [3.63, 3.8) is 0 Å². The summed E-state index contributed by atoms with van der Waals surface area (Å²) in [5, 5.41) is 2.78. The number of carbonyl (C=O) groups is 1. The summed E-state index contributed by atoms with van der Waals surface area (Å²) < 4.78 is 5.00. The number of carbonyl (C=O) groups excluding carboxylic acids is 1. The Labute approximate surface area is 105 Å². The van der Waals surface area contributed by atoms with Gasteiger partial charge in [0.1, 0.15) is 0 Å². The van der Waals surface area contributed by atoms with E-state index in [0.717, 1.165) is 13.0 Å². The van der Waals surface area contributed by atoms with Crippen LogP contribution in [0.5, 0.6) is 0 Å². The van der Waals surface area contributed by atoms with Gasteiger partial charge in [0.25, 0.3) is 0 Å². The van der Waals surface area contributed by atoms with E-state index < -0.39 is 0 Å². The Morgan fingerprint density at radius 1 is 1.47 bits per heavy atom. The fraction of sp³-hybridized carbons (Fsp3) is 0.923. The largest absolute Gasteiger partial charge is 0.447 e. The van der Waals surface area contributed by atoms with Crippen molar-refractivity contribution in [1.82, 2.24) is 10.2 Å². The topological polar surface area (TPSA) is 41.6 Å². The summed E-state index contributed by atoms with van der Waals surface area (Å²) in [4.78, 5) is 13.7. The number of amides is 1. The zero-order valence-electron chi connectivity index (χ0n) is 11.4. The first-order valence-corrected chi connectivity index (χ1v) is 6.78. The number of nitrogens with one attached hydrogen (secondary N) is 1. The van der Waals surface area contributed by atoms with Gasteiger partial charge in [-0.25, -0.2) is 4.79 Å². The molecule has 0 saturated carbocycles. The molecule has 1 fully saturated rings. The highest BCUT2D eigenvalue weighted by Crippen LogP contribution is 2.15. The third kappa shape index (κ3) is 5.91. The molecule has 4 heteroatoms. The van der Waals surface area contributed by atoms with Crippen LogP contribution in [0, 0.1) is 0 Å². The van der Waals surface area contributed by atoms with E-state index in [1.165, 1.54) is 25.8 Å². The Balaban J connectivity index is 2.05. The van der Waals surface area contributed by atoms with E-state index in [-0.39, 0.29) is 12.2 Å². The molecule has 1 rings (SSSR count). The van der Waals surface area contributed by atoms with Gasteiger partial charge in [0.15, 0.2) is 0 Å². The van der Waals surface area contributed by atoms with Gasteiger partial charge in [-0.15, -0.1) is 0 Å². The van der Waals surface area contributed by atoms with Crippen LogP contribution < -0.4 is 5.32 Å². The van der Waals surface area contributed by atoms with Gasteiger partial charge in [-0.05, 0) is 46.6 Å². The van der Waals surface area contributed by atoms with Crippen LogP contribution in [0.4, 0.5) is 4.79 Å². The molecule has 1 saturated heterocycles. The number of hydrogen-bond acceptors (Lipinski definition) is 3. The van der Waals surface area contributed by atoms with Gasteiger partial charge >= 0.3 is 6.09 Å². The molecule has 1 heterocycles. The Hall–Kier alpha value is -0.770. The zero-order chi connectivity index (χ0) is 12.7. The van der Waals surface area contributed by atoms with E-state index in [1.54, 1.807) is 0 Å². The lowest BCUT2D eigenvalue weighted by atomic mass is 10.0. The highest BCUT2D eigenvalue weighted by molar-refractivity contribution is 5.67. The number of hydrogen-bond donors (Lipinski definition) is 1. The Bertz CT molecular complexity index is 231.